The molecule has 30 heavy (non-hydrogen) atoms. The van der Waals surface area contributed by atoms with E-state index < -0.39 is 17.8 Å². The smallest absolute Gasteiger partial charge is 0.276 e. The second-order valence-corrected chi connectivity index (χ2v) is 7.01. The number of hydrogen-bond acceptors (Lipinski definition) is 3. The highest BCUT2D eigenvalue weighted by atomic mass is 35.5. The highest BCUT2D eigenvalue weighted by Gasteiger charge is 2.36. The van der Waals surface area contributed by atoms with Gasteiger partial charge in [0.05, 0.1) is 16.7 Å². The first-order chi connectivity index (χ1) is 14.3. The van der Waals surface area contributed by atoms with E-state index in [0.29, 0.717) is 38.2 Å². The molecular weight excluding hydrogens is 422 g/mol. The van der Waals surface area contributed by atoms with Crippen LogP contribution in [0.5, 0.6) is 0 Å². The maximum absolute atomic E-state index is 13.4. The van der Waals surface area contributed by atoms with Crippen LogP contribution in [-0.4, -0.2) is 24.8 Å². The number of hydrogen-bond donors (Lipinski definition) is 1. The third-order valence-electron chi connectivity index (χ3n) is 4.70. The van der Waals surface area contributed by atoms with Gasteiger partial charge in [-0.2, -0.15) is 18.3 Å². The van der Waals surface area contributed by atoms with E-state index in [4.69, 9.17) is 11.6 Å². The van der Waals surface area contributed by atoms with Crippen LogP contribution in [0.3, 0.4) is 0 Å². The van der Waals surface area contributed by atoms with Crippen LogP contribution in [0.15, 0.2) is 54.9 Å². The standard InChI is InChI=1S/C20H10ClF4N5/c21-15-8-11(7-12-9-26-28-17(12)15)16-14(10-1-3-13(22)4-2-10)5-6-30-18(16)27-19(29-30)20(23,24)25/h1-9H,(H,26,28). The molecule has 3 aromatic heterocycles. The number of aromatic amines is 1. The minimum Gasteiger partial charge on any atom is -0.276 e. The van der Waals surface area contributed by atoms with Crippen molar-refractivity contribution in [3.63, 3.8) is 0 Å². The molecule has 0 aliphatic rings. The van der Waals surface area contributed by atoms with Gasteiger partial charge in [0, 0.05) is 17.1 Å². The summed E-state index contributed by atoms with van der Waals surface area (Å²) in [5, 5.41) is 11.3. The molecule has 0 saturated heterocycles. The van der Waals surface area contributed by atoms with Gasteiger partial charge >= 0.3 is 6.18 Å². The van der Waals surface area contributed by atoms with Gasteiger partial charge in [0.25, 0.3) is 5.82 Å². The lowest BCUT2D eigenvalue weighted by Crippen LogP contribution is -2.07. The Bertz CT molecular complexity index is 1400. The molecule has 0 saturated carbocycles. The molecule has 150 valence electrons. The topological polar surface area (TPSA) is 58.9 Å². The molecule has 10 heteroatoms. The number of pyridine rings is 1. The minimum atomic E-state index is -4.70. The quantitative estimate of drug-likeness (QED) is 0.362. The Labute approximate surface area is 170 Å². The van der Waals surface area contributed by atoms with Gasteiger partial charge in [-0.25, -0.2) is 13.9 Å². The molecule has 0 fully saturated rings. The van der Waals surface area contributed by atoms with Crippen LogP contribution in [0.2, 0.25) is 5.02 Å². The van der Waals surface area contributed by atoms with Crippen molar-refractivity contribution in [2.75, 3.05) is 0 Å². The van der Waals surface area contributed by atoms with Gasteiger partial charge in [-0.15, -0.1) is 5.10 Å². The number of benzene rings is 2. The second-order valence-electron chi connectivity index (χ2n) is 6.60. The van der Waals surface area contributed by atoms with Gasteiger partial charge in [-0.3, -0.25) is 5.10 Å². The van der Waals surface area contributed by atoms with Gasteiger partial charge in [-0.1, -0.05) is 23.7 Å². The van der Waals surface area contributed by atoms with E-state index >= 15 is 0 Å². The summed E-state index contributed by atoms with van der Waals surface area (Å²) in [7, 11) is 0. The van der Waals surface area contributed by atoms with Crippen molar-refractivity contribution in [3.8, 4) is 22.3 Å². The lowest BCUT2D eigenvalue weighted by molar-refractivity contribution is -0.144. The van der Waals surface area contributed by atoms with Crippen LogP contribution in [0.25, 0.3) is 38.8 Å². The number of nitrogens with zero attached hydrogens (tertiary/aromatic N) is 4. The van der Waals surface area contributed by atoms with Gasteiger partial charge in [0.2, 0.25) is 0 Å². The van der Waals surface area contributed by atoms with E-state index in [1.165, 1.54) is 18.3 Å². The van der Waals surface area contributed by atoms with Gasteiger partial charge in [-0.05, 0) is 47.0 Å². The van der Waals surface area contributed by atoms with Crippen LogP contribution in [0, 0.1) is 5.82 Å². The molecule has 0 aliphatic heterocycles. The monoisotopic (exact) mass is 431 g/mol. The molecule has 0 aliphatic carbocycles. The van der Waals surface area contributed by atoms with Crippen molar-refractivity contribution >= 4 is 28.2 Å². The van der Waals surface area contributed by atoms with E-state index in [1.54, 1.807) is 36.5 Å². The minimum absolute atomic E-state index is 0.00283. The first-order valence-corrected chi connectivity index (χ1v) is 9.04. The van der Waals surface area contributed by atoms with Crippen molar-refractivity contribution < 1.29 is 17.6 Å². The van der Waals surface area contributed by atoms with Crippen LogP contribution >= 0.6 is 11.6 Å². The molecule has 0 bridgehead atoms. The zero-order valence-corrected chi connectivity index (χ0v) is 15.6. The maximum Gasteiger partial charge on any atom is 0.453 e. The zero-order chi connectivity index (χ0) is 21.0. The molecule has 3 heterocycles. The first-order valence-electron chi connectivity index (χ1n) is 8.67. The summed E-state index contributed by atoms with van der Waals surface area (Å²) >= 11 is 6.36. The predicted molar refractivity (Wildman–Crippen MR) is 103 cm³/mol. The number of nitrogens with one attached hydrogen (secondary N) is 1. The predicted octanol–water partition coefficient (Wildman–Crippen LogP) is 5.75. The molecule has 0 amide bonds. The summed E-state index contributed by atoms with van der Waals surface area (Å²) in [5.74, 6) is -1.68. The summed E-state index contributed by atoms with van der Waals surface area (Å²) in [4.78, 5) is 3.75. The normalized spacial score (nSPS) is 12.2. The molecule has 0 atom stereocenters. The Kier molecular flexibility index (Phi) is 4.04. The summed E-state index contributed by atoms with van der Waals surface area (Å²) in [5.41, 5.74) is 2.68. The molecule has 5 aromatic rings. The van der Waals surface area contributed by atoms with E-state index in [2.05, 4.69) is 20.3 Å². The number of aromatic nitrogens is 5. The fourth-order valence-electron chi connectivity index (χ4n) is 3.38. The van der Waals surface area contributed by atoms with Gasteiger partial charge < -0.3 is 0 Å². The lowest BCUT2D eigenvalue weighted by Gasteiger charge is -2.12. The molecule has 5 rings (SSSR count). The zero-order valence-electron chi connectivity index (χ0n) is 14.9. The molecule has 5 nitrogen and oxygen atoms in total. The summed E-state index contributed by atoms with van der Waals surface area (Å²) < 4.78 is 54.2. The van der Waals surface area contributed by atoms with Crippen molar-refractivity contribution in [2.45, 2.75) is 6.18 Å². The van der Waals surface area contributed by atoms with Crippen LogP contribution < -0.4 is 0 Å². The largest absolute Gasteiger partial charge is 0.453 e. The van der Waals surface area contributed by atoms with E-state index in [9.17, 15) is 17.6 Å². The van der Waals surface area contributed by atoms with Crippen LogP contribution in [-0.2, 0) is 6.18 Å². The van der Waals surface area contributed by atoms with Crippen molar-refractivity contribution in [3.05, 3.63) is 71.5 Å². The molecule has 2 aromatic carbocycles. The summed E-state index contributed by atoms with van der Waals surface area (Å²) in [6.45, 7) is 0. The average molecular weight is 432 g/mol. The number of H-pyrrole nitrogens is 1. The van der Waals surface area contributed by atoms with E-state index in [1.807, 2.05) is 0 Å². The Hall–Kier alpha value is -3.46. The molecular formula is C20H10ClF4N5. The van der Waals surface area contributed by atoms with E-state index in [0.717, 1.165) is 4.52 Å². The van der Waals surface area contributed by atoms with Gasteiger partial charge in [0.15, 0.2) is 5.65 Å². The second kappa shape index (κ2) is 6.53. The molecule has 0 unspecified atom stereocenters. The number of fused-ring (bicyclic) bond motifs is 2. The fourth-order valence-corrected chi connectivity index (χ4v) is 3.65. The SMILES string of the molecule is Fc1ccc(-c2ccn3nc(C(F)(F)F)nc3c2-c2cc(Cl)c3[nH]ncc3c2)cc1. The van der Waals surface area contributed by atoms with Crippen molar-refractivity contribution in [1.82, 2.24) is 24.8 Å². The van der Waals surface area contributed by atoms with E-state index in [-0.39, 0.29) is 5.65 Å². The highest BCUT2D eigenvalue weighted by Crippen LogP contribution is 2.39. The Morgan fingerprint density at radius 1 is 1.00 bits per heavy atom. The average Bonchev–Trinajstić information content (AvgIpc) is 3.34. The number of rotatable bonds is 2. The van der Waals surface area contributed by atoms with Crippen LogP contribution in [0.4, 0.5) is 17.6 Å². The maximum atomic E-state index is 13.4. The molecule has 1 N–H and O–H groups in total. The molecule has 0 spiro atoms. The van der Waals surface area contributed by atoms with Crippen LogP contribution in [0.1, 0.15) is 5.82 Å². The van der Waals surface area contributed by atoms with Crippen molar-refractivity contribution in [2.24, 2.45) is 0 Å². The van der Waals surface area contributed by atoms with Gasteiger partial charge in [0.1, 0.15) is 5.82 Å². The Morgan fingerprint density at radius 3 is 2.50 bits per heavy atom. The third kappa shape index (κ3) is 2.98. The Balaban J connectivity index is 1.86. The first kappa shape index (κ1) is 18.6. The Morgan fingerprint density at radius 2 is 1.77 bits per heavy atom. The third-order valence-corrected chi connectivity index (χ3v) is 5.00. The number of halogens is 5. The van der Waals surface area contributed by atoms with Crippen molar-refractivity contribution in [1.29, 1.82) is 0 Å². The molecule has 0 radical (unpaired) electrons. The highest BCUT2D eigenvalue weighted by molar-refractivity contribution is 6.35. The summed E-state index contributed by atoms with van der Waals surface area (Å²) in [6.07, 6.45) is -1.75. The summed E-state index contributed by atoms with van der Waals surface area (Å²) in [6, 6.07) is 10.6. The lowest BCUT2D eigenvalue weighted by atomic mass is 9.95. The fraction of sp³-hybridized carbons (Fsp3) is 0.0500. The number of alkyl halides is 3.